The fraction of sp³-hybridized carbons (Fsp3) is 0.200. The van der Waals surface area contributed by atoms with Crippen molar-refractivity contribution in [3.63, 3.8) is 0 Å². The van der Waals surface area contributed by atoms with Gasteiger partial charge in [-0.25, -0.2) is 5.43 Å². The Hall–Kier alpha value is -3.08. The number of aryl methyl sites for hydroxylation is 3. The average Bonchev–Trinajstić information content (AvgIpc) is 2.91. The highest BCUT2D eigenvalue weighted by Crippen LogP contribution is 2.22. The number of benzene rings is 2. The third-order valence-electron chi connectivity index (χ3n) is 4.08. The summed E-state index contributed by atoms with van der Waals surface area (Å²) in [6.45, 7) is 3.84. The van der Waals surface area contributed by atoms with Crippen molar-refractivity contribution in [1.29, 1.82) is 0 Å². The lowest BCUT2D eigenvalue weighted by atomic mass is 10.1. The molecule has 3 aromatic rings. The number of carbonyl (C=O) groups is 1. The van der Waals surface area contributed by atoms with Gasteiger partial charge in [0.15, 0.2) is 6.61 Å². The van der Waals surface area contributed by atoms with E-state index in [0.717, 1.165) is 33.3 Å². The zero-order valence-corrected chi connectivity index (χ0v) is 14.6. The molecule has 128 valence electrons. The summed E-state index contributed by atoms with van der Waals surface area (Å²) in [5, 5.41) is 5.14. The molecule has 3 rings (SSSR count). The Morgan fingerprint density at radius 1 is 1.16 bits per heavy atom. The van der Waals surface area contributed by atoms with Crippen LogP contribution in [0.1, 0.15) is 16.7 Å². The highest BCUT2D eigenvalue weighted by atomic mass is 16.5. The van der Waals surface area contributed by atoms with Crippen LogP contribution in [0.4, 0.5) is 0 Å². The fourth-order valence-electron chi connectivity index (χ4n) is 2.85. The number of nitrogens with zero attached hydrogens (tertiary/aromatic N) is 2. The number of aromatic nitrogens is 1. The van der Waals surface area contributed by atoms with Crippen molar-refractivity contribution in [2.45, 2.75) is 13.8 Å². The monoisotopic (exact) mass is 335 g/mol. The molecule has 1 amide bonds. The van der Waals surface area contributed by atoms with Gasteiger partial charge in [0.05, 0.1) is 6.21 Å². The molecule has 0 aliphatic rings. The molecule has 25 heavy (non-hydrogen) atoms. The first-order valence-corrected chi connectivity index (χ1v) is 8.11. The van der Waals surface area contributed by atoms with E-state index in [2.05, 4.69) is 10.5 Å². The van der Waals surface area contributed by atoms with E-state index in [1.165, 1.54) is 0 Å². The first kappa shape index (κ1) is 16.8. The van der Waals surface area contributed by atoms with E-state index < -0.39 is 0 Å². The van der Waals surface area contributed by atoms with Crippen LogP contribution in [0.25, 0.3) is 10.9 Å². The SMILES string of the molecule is Cc1cccc(C)c1OCC(=O)N/N=C/c1cn(C)c2ccccc12. The number of fused-ring (bicyclic) bond motifs is 1. The number of amides is 1. The van der Waals surface area contributed by atoms with Gasteiger partial charge in [0.25, 0.3) is 5.91 Å². The van der Waals surface area contributed by atoms with Gasteiger partial charge in [-0.05, 0) is 31.0 Å². The second kappa shape index (κ2) is 7.21. The van der Waals surface area contributed by atoms with Gasteiger partial charge < -0.3 is 9.30 Å². The molecule has 0 aliphatic heterocycles. The van der Waals surface area contributed by atoms with Crippen molar-refractivity contribution in [2.75, 3.05) is 6.61 Å². The molecule has 0 fully saturated rings. The molecule has 5 heteroatoms. The second-order valence-electron chi connectivity index (χ2n) is 6.02. The Kier molecular flexibility index (Phi) is 4.84. The highest BCUT2D eigenvalue weighted by molar-refractivity contribution is 5.99. The van der Waals surface area contributed by atoms with Gasteiger partial charge in [-0.2, -0.15) is 5.10 Å². The molecule has 1 heterocycles. The number of ether oxygens (including phenoxy) is 1. The van der Waals surface area contributed by atoms with Crippen LogP contribution in [0, 0.1) is 13.8 Å². The molecule has 0 bridgehead atoms. The minimum Gasteiger partial charge on any atom is -0.483 e. The largest absolute Gasteiger partial charge is 0.483 e. The molecule has 0 saturated heterocycles. The number of hydrogen-bond donors (Lipinski definition) is 1. The van der Waals surface area contributed by atoms with Crippen LogP contribution in [0.15, 0.2) is 53.8 Å². The van der Waals surface area contributed by atoms with E-state index in [-0.39, 0.29) is 12.5 Å². The summed E-state index contributed by atoms with van der Waals surface area (Å²) in [4.78, 5) is 11.9. The molecule has 0 saturated carbocycles. The van der Waals surface area contributed by atoms with E-state index in [4.69, 9.17) is 4.74 Å². The quantitative estimate of drug-likeness (QED) is 0.574. The maximum atomic E-state index is 11.9. The third-order valence-corrected chi connectivity index (χ3v) is 4.08. The molecule has 0 spiro atoms. The summed E-state index contributed by atoms with van der Waals surface area (Å²) in [5.41, 5.74) is 6.60. The number of para-hydroxylation sites is 2. The van der Waals surface area contributed by atoms with Crippen molar-refractivity contribution in [3.05, 3.63) is 65.4 Å². The van der Waals surface area contributed by atoms with Crippen LogP contribution in [-0.2, 0) is 11.8 Å². The van der Waals surface area contributed by atoms with Crippen LogP contribution < -0.4 is 10.2 Å². The Morgan fingerprint density at radius 2 is 1.88 bits per heavy atom. The summed E-state index contributed by atoms with van der Waals surface area (Å²) < 4.78 is 7.65. The molecule has 2 aromatic carbocycles. The number of hydrazone groups is 1. The van der Waals surface area contributed by atoms with Crippen molar-refractivity contribution in [1.82, 2.24) is 9.99 Å². The van der Waals surface area contributed by atoms with Crippen LogP contribution in [-0.4, -0.2) is 23.3 Å². The second-order valence-corrected chi connectivity index (χ2v) is 6.02. The Morgan fingerprint density at radius 3 is 2.64 bits per heavy atom. The topological polar surface area (TPSA) is 55.6 Å². The molecular weight excluding hydrogens is 314 g/mol. The van der Waals surface area contributed by atoms with Crippen molar-refractivity contribution in [3.8, 4) is 5.75 Å². The van der Waals surface area contributed by atoms with Gasteiger partial charge in [-0.15, -0.1) is 0 Å². The molecule has 0 aliphatic carbocycles. The minimum absolute atomic E-state index is 0.0709. The summed E-state index contributed by atoms with van der Waals surface area (Å²) in [7, 11) is 1.98. The number of rotatable bonds is 5. The van der Waals surface area contributed by atoms with Gasteiger partial charge >= 0.3 is 0 Å². The lowest BCUT2D eigenvalue weighted by Gasteiger charge is -2.10. The van der Waals surface area contributed by atoms with Gasteiger partial charge in [0, 0.05) is 29.7 Å². The Bertz CT molecular complexity index is 921. The lowest BCUT2D eigenvalue weighted by Crippen LogP contribution is -2.25. The summed E-state index contributed by atoms with van der Waals surface area (Å²) in [6.07, 6.45) is 3.63. The molecule has 1 N–H and O–H groups in total. The van der Waals surface area contributed by atoms with Crippen LogP contribution in [0.3, 0.4) is 0 Å². The first-order valence-electron chi connectivity index (χ1n) is 8.11. The predicted octanol–water partition coefficient (Wildman–Crippen LogP) is 3.32. The zero-order chi connectivity index (χ0) is 17.8. The smallest absolute Gasteiger partial charge is 0.277 e. The highest BCUT2D eigenvalue weighted by Gasteiger charge is 2.07. The van der Waals surface area contributed by atoms with E-state index in [0.29, 0.717) is 0 Å². The van der Waals surface area contributed by atoms with Crippen LogP contribution >= 0.6 is 0 Å². The van der Waals surface area contributed by atoms with E-state index in [1.54, 1.807) is 6.21 Å². The zero-order valence-electron chi connectivity index (χ0n) is 14.6. The Balaban J connectivity index is 1.61. The van der Waals surface area contributed by atoms with E-state index >= 15 is 0 Å². The summed E-state index contributed by atoms with van der Waals surface area (Å²) >= 11 is 0. The maximum absolute atomic E-state index is 11.9. The molecule has 0 radical (unpaired) electrons. The molecule has 0 atom stereocenters. The van der Waals surface area contributed by atoms with Crippen LogP contribution in [0.2, 0.25) is 0 Å². The summed E-state index contributed by atoms with van der Waals surface area (Å²) in [6, 6.07) is 13.9. The van der Waals surface area contributed by atoms with Gasteiger partial charge in [-0.3, -0.25) is 4.79 Å². The van der Waals surface area contributed by atoms with Gasteiger partial charge in [0.1, 0.15) is 5.75 Å². The molecule has 0 unspecified atom stereocenters. The number of nitrogens with one attached hydrogen (secondary N) is 1. The molecule has 1 aromatic heterocycles. The maximum Gasteiger partial charge on any atom is 0.277 e. The van der Waals surface area contributed by atoms with Crippen molar-refractivity contribution in [2.24, 2.45) is 12.1 Å². The van der Waals surface area contributed by atoms with Crippen molar-refractivity contribution < 1.29 is 9.53 Å². The average molecular weight is 335 g/mol. The number of carbonyl (C=O) groups excluding carboxylic acids is 1. The van der Waals surface area contributed by atoms with Gasteiger partial charge in [0.2, 0.25) is 0 Å². The normalized spacial score (nSPS) is 11.2. The standard InChI is InChI=1S/C20H21N3O2/c1-14-7-6-8-15(2)20(14)25-13-19(24)22-21-11-16-12-23(3)18-10-5-4-9-17(16)18/h4-12H,13H2,1-3H3,(H,22,24)/b21-11+. The lowest BCUT2D eigenvalue weighted by molar-refractivity contribution is -0.123. The molecule has 5 nitrogen and oxygen atoms in total. The van der Waals surface area contributed by atoms with Crippen molar-refractivity contribution >= 4 is 23.0 Å². The van der Waals surface area contributed by atoms with E-state index in [1.807, 2.05) is 74.1 Å². The summed E-state index contributed by atoms with van der Waals surface area (Å²) in [5.74, 6) is 0.454. The minimum atomic E-state index is -0.292. The first-order chi connectivity index (χ1) is 12.1. The Labute approximate surface area is 146 Å². The van der Waals surface area contributed by atoms with E-state index in [9.17, 15) is 4.79 Å². The predicted molar refractivity (Wildman–Crippen MR) is 100 cm³/mol. The number of hydrogen-bond acceptors (Lipinski definition) is 3. The molecular formula is C20H21N3O2. The van der Waals surface area contributed by atoms with Crippen LogP contribution in [0.5, 0.6) is 5.75 Å². The fourth-order valence-corrected chi connectivity index (χ4v) is 2.85. The van der Waals surface area contributed by atoms with Gasteiger partial charge in [-0.1, -0.05) is 36.4 Å². The third kappa shape index (κ3) is 3.71.